The van der Waals surface area contributed by atoms with Crippen LogP contribution in [0.5, 0.6) is 0 Å². The fourth-order valence-electron chi connectivity index (χ4n) is 3.31. The number of amides is 3. The molecule has 3 amide bonds. The van der Waals surface area contributed by atoms with Crippen molar-refractivity contribution in [3.63, 3.8) is 0 Å². The van der Waals surface area contributed by atoms with E-state index < -0.39 is 55.3 Å². The molecule has 0 radical (unpaired) electrons. The Morgan fingerprint density at radius 1 is 1.21 bits per heavy atom. The van der Waals surface area contributed by atoms with Crippen molar-refractivity contribution in [2.75, 3.05) is 25.5 Å². The maximum absolute atomic E-state index is 14.1. The maximum Gasteiger partial charge on any atom is 0.412 e. The number of halogens is 5. The Balaban J connectivity index is 1.61. The number of likely N-dealkylation sites (N-methyl/N-ethyl adjacent to an activating group) is 1. The van der Waals surface area contributed by atoms with Gasteiger partial charge in [-0.3, -0.25) is 5.32 Å². The average molecular weight is 558 g/mol. The molecule has 4 N–H and O–H groups in total. The third kappa shape index (κ3) is 7.83. The van der Waals surface area contributed by atoms with Crippen LogP contribution in [0.1, 0.15) is 12.0 Å². The summed E-state index contributed by atoms with van der Waals surface area (Å²) < 4.78 is 65.3. The van der Waals surface area contributed by atoms with Gasteiger partial charge in [0, 0.05) is 31.6 Å². The lowest BCUT2D eigenvalue weighted by molar-refractivity contribution is -0.0260. The molecule has 0 bridgehead atoms. The SMILES string of the molecule is CN(C(=O)NCc1cccc(F)c1Cl)[C@H](COC(=O)Nc1cc(-c2cccc(F)c2)on1)CC(F)(F)CN. The molecular weight excluding hydrogens is 534 g/mol. The van der Waals surface area contributed by atoms with Crippen LogP contribution in [0.25, 0.3) is 11.3 Å². The quantitative estimate of drug-likeness (QED) is 0.301. The molecule has 3 rings (SSSR count). The van der Waals surface area contributed by atoms with E-state index in [4.69, 9.17) is 26.6 Å². The summed E-state index contributed by atoms with van der Waals surface area (Å²) in [6.07, 6.45) is -1.97. The predicted octanol–water partition coefficient (Wildman–Crippen LogP) is 5.02. The number of alkyl halides is 2. The Kier molecular flexibility index (Phi) is 9.53. The van der Waals surface area contributed by atoms with Gasteiger partial charge in [-0.2, -0.15) is 0 Å². The minimum absolute atomic E-state index is 0.0730. The number of rotatable bonds is 10. The van der Waals surface area contributed by atoms with Crippen LogP contribution in [0.3, 0.4) is 0 Å². The Hall–Kier alpha value is -3.84. The smallest absolute Gasteiger partial charge is 0.412 e. The summed E-state index contributed by atoms with van der Waals surface area (Å²) in [5, 5.41) is 8.17. The van der Waals surface area contributed by atoms with E-state index in [1.165, 1.54) is 43.4 Å². The van der Waals surface area contributed by atoms with E-state index in [2.05, 4.69) is 15.8 Å². The first-order valence-corrected chi connectivity index (χ1v) is 11.5. The molecule has 0 aliphatic rings. The molecule has 2 aromatic carbocycles. The van der Waals surface area contributed by atoms with Gasteiger partial charge in [-0.15, -0.1) is 0 Å². The molecule has 0 aliphatic heterocycles. The number of benzene rings is 2. The number of anilines is 1. The number of aromatic nitrogens is 1. The topological polar surface area (TPSA) is 123 Å². The summed E-state index contributed by atoms with van der Waals surface area (Å²) in [5.74, 6) is -4.45. The zero-order chi connectivity index (χ0) is 27.9. The van der Waals surface area contributed by atoms with Gasteiger partial charge in [0.2, 0.25) is 0 Å². The number of nitrogens with two attached hydrogens (primary N) is 1. The fourth-order valence-corrected chi connectivity index (χ4v) is 3.50. The molecule has 1 aromatic heterocycles. The predicted molar refractivity (Wildman–Crippen MR) is 131 cm³/mol. The number of urea groups is 1. The highest BCUT2D eigenvalue weighted by Gasteiger charge is 2.35. The summed E-state index contributed by atoms with van der Waals surface area (Å²) in [5.41, 5.74) is 5.78. The summed E-state index contributed by atoms with van der Waals surface area (Å²) in [6, 6.07) is 8.74. The molecule has 0 saturated heterocycles. The number of carbonyl (C=O) groups excluding carboxylic acids is 2. The molecular formula is C24H24ClF4N5O4. The van der Waals surface area contributed by atoms with Crippen molar-refractivity contribution < 1.29 is 36.4 Å². The number of hydrogen-bond acceptors (Lipinski definition) is 6. The number of hydrogen-bond donors (Lipinski definition) is 3. The van der Waals surface area contributed by atoms with E-state index in [0.29, 0.717) is 5.56 Å². The Labute approximate surface area is 219 Å². The third-order valence-corrected chi connectivity index (χ3v) is 5.84. The molecule has 0 unspecified atom stereocenters. The molecule has 1 heterocycles. The van der Waals surface area contributed by atoms with Crippen LogP contribution in [-0.4, -0.2) is 54.3 Å². The Morgan fingerprint density at radius 3 is 2.66 bits per heavy atom. The minimum Gasteiger partial charge on any atom is -0.447 e. The zero-order valence-electron chi connectivity index (χ0n) is 20.0. The lowest BCUT2D eigenvalue weighted by Crippen LogP contribution is -2.49. The van der Waals surface area contributed by atoms with Gasteiger partial charge >= 0.3 is 12.1 Å². The highest BCUT2D eigenvalue weighted by Crippen LogP contribution is 2.24. The van der Waals surface area contributed by atoms with E-state index in [9.17, 15) is 27.2 Å². The summed E-state index contributed by atoms with van der Waals surface area (Å²) in [4.78, 5) is 25.8. The van der Waals surface area contributed by atoms with Crippen LogP contribution in [0.4, 0.5) is 33.0 Å². The van der Waals surface area contributed by atoms with Gasteiger partial charge in [0.25, 0.3) is 5.92 Å². The van der Waals surface area contributed by atoms with Crippen LogP contribution >= 0.6 is 11.6 Å². The van der Waals surface area contributed by atoms with Crippen molar-refractivity contribution in [1.82, 2.24) is 15.4 Å². The van der Waals surface area contributed by atoms with E-state index in [1.807, 2.05) is 0 Å². The van der Waals surface area contributed by atoms with Crippen LogP contribution in [0.15, 0.2) is 53.1 Å². The molecule has 204 valence electrons. The number of carbonyl (C=O) groups is 2. The van der Waals surface area contributed by atoms with Gasteiger partial charge in [0.1, 0.15) is 18.2 Å². The molecule has 3 aromatic rings. The van der Waals surface area contributed by atoms with Crippen molar-refractivity contribution in [1.29, 1.82) is 0 Å². The molecule has 1 atom stereocenters. The van der Waals surface area contributed by atoms with Crippen molar-refractivity contribution in [2.24, 2.45) is 5.73 Å². The van der Waals surface area contributed by atoms with Crippen LogP contribution in [0.2, 0.25) is 5.02 Å². The first kappa shape index (κ1) is 28.7. The second-order valence-electron chi connectivity index (χ2n) is 8.21. The molecule has 0 fully saturated rings. The van der Waals surface area contributed by atoms with Crippen LogP contribution in [0, 0.1) is 11.6 Å². The van der Waals surface area contributed by atoms with Crippen LogP contribution < -0.4 is 16.4 Å². The molecule has 0 aliphatic carbocycles. The van der Waals surface area contributed by atoms with Gasteiger partial charge in [-0.05, 0) is 23.8 Å². The van der Waals surface area contributed by atoms with E-state index in [1.54, 1.807) is 6.07 Å². The molecule has 0 spiro atoms. The van der Waals surface area contributed by atoms with E-state index >= 15 is 0 Å². The molecule has 9 nitrogen and oxygen atoms in total. The standard InChI is InChI=1S/C24H24ClF4N5O4/c1-34(22(35)31-11-15-5-3-7-18(27)21(15)25)17(10-24(28,29)13-30)12-37-23(36)32-20-9-19(38-33-20)14-4-2-6-16(26)8-14/h2-9,17H,10-13,30H2,1H3,(H,31,35)(H,32,33,36)/t17-/m0/s1. The highest BCUT2D eigenvalue weighted by atomic mass is 35.5. The minimum atomic E-state index is -3.36. The Bertz CT molecular complexity index is 1280. The number of nitrogens with one attached hydrogen (secondary N) is 2. The average Bonchev–Trinajstić information content (AvgIpc) is 3.35. The van der Waals surface area contributed by atoms with Gasteiger partial charge in [-0.1, -0.05) is 41.0 Å². The van der Waals surface area contributed by atoms with Crippen LogP contribution in [-0.2, 0) is 11.3 Å². The molecule has 38 heavy (non-hydrogen) atoms. The summed E-state index contributed by atoms with van der Waals surface area (Å²) in [6.45, 7) is -1.80. The van der Waals surface area contributed by atoms with Gasteiger partial charge in [-0.25, -0.2) is 27.2 Å². The summed E-state index contributed by atoms with van der Waals surface area (Å²) in [7, 11) is 1.23. The normalized spacial score (nSPS) is 12.1. The third-order valence-electron chi connectivity index (χ3n) is 5.42. The molecule has 0 saturated carbocycles. The lowest BCUT2D eigenvalue weighted by atomic mass is 10.1. The molecule has 14 heteroatoms. The maximum atomic E-state index is 14.1. The lowest BCUT2D eigenvalue weighted by Gasteiger charge is -2.30. The Morgan fingerprint density at radius 2 is 1.95 bits per heavy atom. The van der Waals surface area contributed by atoms with Crippen molar-refractivity contribution in [3.8, 4) is 11.3 Å². The number of ether oxygens (including phenoxy) is 1. The van der Waals surface area contributed by atoms with Gasteiger partial charge < -0.3 is 25.2 Å². The highest BCUT2D eigenvalue weighted by molar-refractivity contribution is 6.31. The van der Waals surface area contributed by atoms with E-state index in [0.717, 1.165) is 11.0 Å². The van der Waals surface area contributed by atoms with Crippen molar-refractivity contribution >= 4 is 29.5 Å². The van der Waals surface area contributed by atoms with E-state index in [-0.39, 0.29) is 28.7 Å². The first-order valence-electron chi connectivity index (χ1n) is 11.2. The summed E-state index contributed by atoms with van der Waals surface area (Å²) >= 11 is 5.87. The first-order chi connectivity index (χ1) is 18.0. The van der Waals surface area contributed by atoms with Gasteiger partial charge in [0.05, 0.1) is 17.6 Å². The fraction of sp³-hybridized carbons (Fsp3) is 0.292. The van der Waals surface area contributed by atoms with Gasteiger partial charge in [0.15, 0.2) is 11.6 Å². The second-order valence-corrected chi connectivity index (χ2v) is 8.59. The van der Waals surface area contributed by atoms with Crippen molar-refractivity contribution in [2.45, 2.75) is 24.9 Å². The largest absolute Gasteiger partial charge is 0.447 e. The second kappa shape index (κ2) is 12.6. The number of nitrogens with zero attached hydrogens (tertiary/aromatic N) is 2. The van der Waals surface area contributed by atoms with Crippen molar-refractivity contribution in [3.05, 3.63) is 70.8 Å². The zero-order valence-corrected chi connectivity index (χ0v) is 20.8. The monoisotopic (exact) mass is 557 g/mol.